The third-order valence-electron chi connectivity index (χ3n) is 8.97. The number of anilines is 1. The van der Waals surface area contributed by atoms with E-state index >= 15 is 0 Å². The monoisotopic (exact) mass is 579 g/mol. The molecule has 2 amide bonds. The molecular formula is C32H45N5O5. The summed E-state index contributed by atoms with van der Waals surface area (Å²) in [7, 11) is 2.06. The highest BCUT2D eigenvalue weighted by atomic mass is 16.6. The Kier molecular flexibility index (Phi) is 6.89. The van der Waals surface area contributed by atoms with Crippen molar-refractivity contribution in [2.75, 3.05) is 44.2 Å². The van der Waals surface area contributed by atoms with Crippen molar-refractivity contribution in [2.45, 2.75) is 84.0 Å². The molecule has 10 nitrogen and oxygen atoms in total. The van der Waals surface area contributed by atoms with E-state index in [9.17, 15) is 9.59 Å². The summed E-state index contributed by atoms with van der Waals surface area (Å²) >= 11 is 0. The smallest absolute Gasteiger partial charge is 0.410 e. The van der Waals surface area contributed by atoms with Gasteiger partial charge in [-0.1, -0.05) is 6.07 Å². The molecule has 1 aliphatic carbocycles. The Balaban J connectivity index is 1.28. The molecule has 0 radical (unpaired) electrons. The van der Waals surface area contributed by atoms with Crippen molar-refractivity contribution in [3.8, 4) is 17.0 Å². The van der Waals surface area contributed by atoms with Gasteiger partial charge in [0.25, 0.3) is 0 Å². The van der Waals surface area contributed by atoms with E-state index in [1.54, 1.807) is 0 Å². The molecule has 10 heteroatoms. The highest BCUT2D eigenvalue weighted by Crippen LogP contribution is 2.51. The standard InChI is InChI=1S/C32H45N5O5/c1-21-8-11-23-24(18-21)41-32(12-14-35(15-13-32)28(38)40-19-22-9-10-22)26-25(23)33-27(34(26)7)36-16-17-37(31(5,6)20-36)29(39)42-30(2,3)4/h8,11,18,22H,9-10,12-17,19-20H2,1-7H3. The minimum absolute atomic E-state index is 0.222. The predicted octanol–water partition coefficient (Wildman–Crippen LogP) is 5.46. The van der Waals surface area contributed by atoms with Crippen molar-refractivity contribution in [2.24, 2.45) is 13.0 Å². The fraction of sp³-hybridized carbons (Fsp3) is 0.656. The lowest BCUT2D eigenvalue weighted by Crippen LogP contribution is -2.62. The summed E-state index contributed by atoms with van der Waals surface area (Å²) < 4.78 is 20.4. The number of benzene rings is 1. The second kappa shape index (κ2) is 10.1. The van der Waals surface area contributed by atoms with E-state index < -0.39 is 16.7 Å². The minimum Gasteiger partial charge on any atom is -0.480 e. The lowest BCUT2D eigenvalue weighted by atomic mass is 9.83. The zero-order valence-corrected chi connectivity index (χ0v) is 26.2. The highest BCUT2D eigenvalue weighted by molar-refractivity contribution is 5.76. The summed E-state index contributed by atoms with van der Waals surface area (Å²) in [4.78, 5) is 37.0. The highest BCUT2D eigenvalue weighted by Gasteiger charge is 2.49. The van der Waals surface area contributed by atoms with Crippen molar-refractivity contribution < 1.29 is 23.8 Å². The number of amides is 2. The normalized spacial score (nSPS) is 21.0. The molecule has 228 valence electrons. The number of likely N-dealkylation sites (tertiary alicyclic amines) is 1. The minimum atomic E-state index is -0.600. The number of imidazole rings is 1. The number of hydrogen-bond donors (Lipinski definition) is 0. The summed E-state index contributed by atoms with van der Waals surface area (Å²) in [5.41, 5.74) is 2.50. The molecule has 6 rings (SSSR count). The molecule has 1 aromatic carbocycles. The molecule has 0 unspecified atom stereocenters. The van der Waals surface area contributed by atoms with Gasteiger partial charge < -0.3 is 28.6 Å². The molecule has 1 saturated carbocycles. The van der Waals surface area contributed by atoms with Gasteiger partial charge in [0, 0.05) is 58.2 Å². The van der Waals surface area contributed by atoms with Crippen LogP contribution in [0.25, 0.3) is 11.3 Å². The zero-order valence-electron chi connectivity index (χ0n) is 26.2. The first-order chi connectivity index (χ1) is 19.8. The molecule has 0 bridgehead atoms. The summed E-state index contributed by atoms with van der Waals surface area (Å²) in [6.45, 7) is 15.3. The van der Waals surface area contributed by atoms with Crippen molar-refractivity contribution in [1.29, 1.82) is 0 Å². The topological polar surface area (TPSA) is 89.4 Å². The lowest BCUT2D eigenvalue weighted by molar-refractivity contribution is -0.0109. The van der Waals surface area contributed by atoms with E-state index in [2.05, 4.69) is 55.5 Å². The number of carbonyl (C=O) groups excluding carboxylic acids is 2. The quantitative estimate of drug-likeness (QED) is 0.477. The number of piperazine rings is 1. The number of nitrogens with zero attached hydrogens (tertiary/aromatic N) is 5. The number of aromatic nitrogens is 2. The molecule has 1 aromatic heterocycles. The Morgan fingerprint density at radius 3 is 2.43 bits per heavy atom. The van der Waals surface area contributed by atoms with Crippen LogP contribution in [-0.4, -0.2) is 82.0 Å². The van der Waals surface area contributed by atoms with Gasteiger partial charge in [-0.3, -0.25) is 4.90 Å². The SMILES string of the molecule is Cc1ccc2c(c1)OC1(CCN(C(=O)OCC3CC3)CC1)c1c-2nc(N2CCN(C(=O)OC(C)(C)C)C(C)(C)C2)n1C. The van der Waals surface area contributed by atoms with Crippen LogP contribution < -0.4 is 9.64 Å². The zero-order chi connectivity index (χ0) is 30.0. The third kappa shape index (κ3) is 5.28. The number of ether oxygens (including phenoxy) is 3. The summed E-state index contributed by atoms with van der Waals surface area (Å²) in [5.74, 6) is 2.24. The summed E-state index contributed by atoms with van der Waals surface area (Å²) in [5, 5.41) is 0. The van der Waals surface area contributed by atoms with Crippen LogP contribution in [-0.2, 0) is 22.1 Å². The van der Waals surface area contributed by atoms with Gasteiger partial charge >= 0.3 is 12.2 Å². The van der Waals surface area contributed by atoms with Crippen LogP contribution in [0.2, 0.25) is 0 Å². The predicted molar refractivity (Wildman–Crippen MR) is 160 cm³/mol. The Bertz CT molecular complexity index is 1380. The molecule has 4 heterocycles. The average molecular weight is 580 g/mol. The van der Waals surface area contributed by atoms with Crippen LogP contribution >= 0.6 is 0 Å². The first-order valence-corrected chi connectivity index (χ1v) is 15.3. The second-order valence-electron chi connectivity index (χ2n) is 14.1. The maximum atomic E-state index is 13.0. The molecule has 4 aliphatic rings. The van der Waals surface area contributed by atoms with Crippen LogP contribution in [0.1, 0.15) is 71.6 Å². The van der Waals surface area contributed by atoms with Gasteiger partial charge in [0.15, 0.2) is 5.60 Å². The number of piperidine rings is 1. The van der Waals surface area contributed by atoms with Gasteiger partial charge in [-0.25, -0.2) is 14.6 Å². The van der Waals surface area contributed by atoms with Crippen LogP contribution in [0.4, 0.5) is 15.5 Å². The van der Waals surface area contributed by atoms with Crippen LogP contribution in [0, 0.1) is 12.8 Å². The van der Waals surface area contributed by atoms with Gasteiger partial charge in [-0.05, 0) is 78.0 Å². The van der Waals surface area contributed by atoms with E-state index in [4.69, 9.17) is 19.2 Å². The average Bonchev–Trinajstić information content (AvgIpc) is 3.66. The van der Waals surface area contributed by atoms with Crippen LogP contribution in [0.3, 0.4) is 0 Å². The van der Waals surface area contributed by atoms with E-state index in [-0.39, 0.29) is 12.2 Å². The van der Waals surface area contributed by atoms with E-state index in [0.717, 1.165) is 47.1 Å². The Hall–Kier alpha value is -3.43. The largest absolute Gasteiger partial charge is 0.480 e. The van der Waals surface area contributed by atoms with Crippen LogP contribution in [0.5, 0.6) is 5.75 Å². The van der Waals surface area contributed by atoms with Gasteiger partial charge in [0.2, 0.25) is 5.95 Å². The van der Waals surface area contributed by atoms with Crippen molar-refractivity contribution >= 4 is 18.1 Å². The van der Waals surface area contributed by atoms with E-state index in [0.29, 0.717) is 58.1 Å². The molecule has 3 aliphatic heterocycles. The van der Waals surface area contributed by atoms with Crippen molar-refractivity contribution in [3.05, 3.63) is 29.5 Å². The maximum absolute atomic E-state index is 13.0. The molecule has 3 fully saturated rings. The first kappa shape index (κ1) is 28.7. The van der Waals surface area contributed by atoms with Gasteiger partial charge in [0.05, 0.1) is 17.8 Å². The lowest BCUT2D eigenvalue weighted by Gasteiger charge is -2.47. The maximum Gasteiger partial charge on any atom is 0.410 e. The number of hydrogen-bond acceptors (Lipinski definition) is 7. The Labute approximate surface area is 248 Å². The number of carbonyl (C=O) groups is 2. The molecule has 2 saturated heterocycles. The van der Waals surface area contributed by atoms with Crippen molar-refractivity contribution in [3.63, 3.8) is 0 Å². The number of fused-ring (bicyclic) bond motifs is 4. The van der Waals surface area contributed by atoms with Gasteiger partial charge in [-0.2, -0.15) is 0 Å². The van der Waals surface area contributed by atoms with E-state index in [1.807, 2.05) is 30.6 Å². The molecule has 0 atom stereocenters. The van der Waals surface area contributed by atoms with Gasteiger partial charge in [-0.15, -0.1) is 0 Å². The molecule has 0 N–H and O–H groups in total. The second-order valence-corrected chi connectivity index (χ2v) is 14.1. The third-order valence-corrected chi connectivity index (χ3v) is 8.97. The molecule has 42 heavy (non-hydrogen) atoms. The van der Waals surface area contributed by atoms with Crippen LogP contribution in [0.15, 0.2) is 18.2 Å². The Morgan fingerprint density at radius 2 is 1.79 bits per heavy atom. The van der Waals surface area contributed by atoms with E-state index in [1.165, 1.54) is 0 Å². The molecule has 2 aromatic rings. The van der Waals surface area contributed by atoms with Gasteiger partial charge in [0.1, 0.15) is 17.0 Å². The summed E-state index contributed by atoms with van der Waals surface area (Å²) in [6, 6.07) is 6.29. The first-order valence-electron chi connectivity index (χ1n) is 15.3. The molecule has 1 spiro atoms. The Morgan fingerprint density at radius 1 is 1.07 bits per heavy atom. The fourth-order valence-electron chi connectivity index (χ4n) is 6.58. The number of rotatable bonds is 3. The van der Waals surface area contributed by atoms with Crippen molar-refractivity contribution in [1.82, 2.24) is 19.4 Å². The fourth-order valence-corrected chi connectivity index (χ4v) is 6.58. The molecular weight excluding hydrogens is 534 g/mol. The summed E-state index contributed by atoms with van der Waals surface area (Å²) in [6.07, 6.45) is 3.11. The number of aryl methyl sites for hydroxylation is 1.